The van der Waals surface area contributed by atoms with Gasteiger partial charge >= 0.3 is 0 Å². The smallest absolute Gasteiger partial charge is 0.271 e. The summed E-state index contributed by atoms with van der Waals surface area (Å²) >= 11 is 0. The van der Waals surface area contributed by atoms with E-state index in [-0.39, 0.29) is 34.9 Å². The van der Waals surface area contributed by atoms with Gasteiger partial charge in [0.25, 0.3) is 5.56 Å². The SMILES string of the molecule is Cc1ccccc1N=Cc1c(C)c(C#N)c(=O)n([C@H]2CCS(=O)(=O)C2)c1O. The van der Waals surface area contributed by atoms with Gasteiger partial charge in [-0.25, -0.2) is 8.42 Å². The molecule has 1 aliphatic rings. The van der Waals surface area contributed by atoms with Crippen molar-refractivity contribution in [3.05, 3.63) is 56.9 Å². The number of para-hydroxylation sites is 1. The zero-order valence-electron chi connectivity index (χ0n) is 15.0. The number of aryl methyl sites for hydroxylation is 1. The Hall–Kier alpha value is -2.92. The van der Waals surface area contributed by atoms with Crippen molar-refractivity contribution in [2.45, 2.75) is 26.3 Å². The molecule has 2 heterocycles. The van der Waals surface area contributed by atoms with Crippen LogP contribution in [0.5, 0.6) is 5.88 Å². The third-order valence-electron chi connectivity index (χ3n) is 4.81. The van der Waals surface area contributed by atoms with Gasteiger partial charge in [0.05, 0.1) is 28.8 Å². The minimum atomic E-state index is -3.27. The fourth-order valence-corrected chi connectivity index (χ4v) is 4.96. The number of hydrogen-bond donors (Lipinski definition) is 1. The van der Waals surface area contributed by atoms with Gasteiger partial charge in [0.1, 0.15) is 11.6 Å². The average Bonchev–Trinajstić information content (AvgIpc) is 2.96. The second kappa shape index (κ2) is 7.00. The molecule has 27 heavy (non-hydrogen) atoms. The van der Waals surface area contributed by atoms with Gasteiger partial charge in [0.15, 0.2) is 9.84 Å². The molecule has 0 radical (unpaired) electrons. The highest BCUT2D eigenvalue weighted by atomic mass is 32.2. The molecule has 1 aromatic carbocycles. The molecule has 7 nitrogen and oxygen atoms in total. The summed E-state index contributed by atoms with van der Waals surface area (Å²) in [7, 11) is -3.27. The van der Waals surface area contributed by atoms with Crippen molar-refractivity contribution in [2.24, 2.45) is 4.99 Å². The Bertz CT molecular complexity index is 1140. The summed E-state index contributed by atoms with van der Waals surface area (Å²) in [5.41, 5.74) is 1.37. The largest absolute Gasteiger partial charge is 0.494 e. The molecule has 1 saturated heterocycles. The van der Waals surface area contributed by atoms with Gasteiger partial charge < -0.3 is 5.11 Å². The highest BCUT2D eigenvalue weighted by Gasteiger charge is 2.33. The van der Waals surface area contributed by atoms with Gasteiger partial charge in [0.2, 0.25) is 5.88 Å². The normalized spacial score (nSPS) is 18.6. The number of aromatic nitrogens is 1. The monoisotopic (exact) mass is 385 g/mol. The van der Waals surface area contributed by atoms with E-state index in [2.05, 4.69) is 4.99 Å². The predicted molar refractivity (Wildman–Crippen MR) is 103 cm³/mol. The third kappa shape index (κ3) is 3.51. The van der Waals surface area contributed by atoms with Crippen LogP contribution in [0.1, 0.15) is 34.7 Å². The van der Waals surface area contributed by atoms with Crippen molar-refractivity contribution in [2.75, 3.05) is 11.5 Å². The Balaban J connectivity index is 2.18. The average molecular weight is 385 g/mol. The van der Waals surface area contributed by atoms with Crippen LogP contribution in [0.25, 0.3) is 0 Å². The molecule has 0 saturated carbocycles. The summed E-state index contributed by atoms with van der Waals surface area (Å²) in [6, 6.07) is 8.59. The molecule has 0 unspecified atom stereocenters. The lowest BCUT2D eigenvalue weighted by Crippen LogP contribution is -2.29. The molecule has 140 valence electrons. The van der Waals surface area contributed by atoms with E-state index < -0.39 is 21.4 Å². The number of hydrogen-bond acceptors (Lipinski definition) is 6. The van der Waals surface area contributed by atoms with Crippen molar-refractivity contribution in [1.82, 2.24) is 4.57 Å². The quantitative estimate of drug-likeness (QED) is 0.814. The number of aromatic hydroxyl groups is 1. The van der Waals surface area contributed by atoms with Crippen LogP contribution in [-0.4, -0.2) is 35.8 Å². The zero-order valence-corrected chi connectivity index (χ0v) is 15.8. The summed E-state index contributed by atoms with van der Waals surface area (Å²) in [6.07, 6.45) is 1.63. The Morgan fingerprint density at radius 3 is 2.63 bits per heavy atom. The van der Waals surface area contributed by atoms with Crippen molar-refractivity contribution in [1.29, 1.82) is 5.26 Å². The van der Waals surface area contributed by atoms with Crippen LogP contribution in [0.3, 0.4) is 0 Å². The van der Waals surface area contributed by atoms with Gasteiger partial charge in [-0.3, -0.25) is 14.4 Å². The van der Waals surface area contributed by atoms with E-state index in [0.717, 1.165) is 10.1 Å². The van der Waals surface area contributed by atoms with Crippen molar-refractivity contribution < 1.29 is 13.5 Å². The highest BCUT2D eigenvalue weighted by Crippen LogP contribution is 2.30. The molecule has 1 atom stereocenters. The number of benzene rings is 1. The summed E-state index contributed by atoms with van der Waals surface area (Å²) in [4.78, 5) is 17.0. The van der Waals surface area contributed by atoms with Gasteiger partial charge in [-0.2, -0.15) is 5.26 Å². The van der Waals surface area contributed by atoms with Crippen LogP contribution < -0.4 is 5.56 Å². The standard InChI is InChI=1S/C19H19N3O4S/c1-12-5-3-4-6-17(12)21-10-16-13(2)15(9-20)18(23)22(19(16)24)14-7-8-27(25,26)11-14/h3-6,10,14,24H,7-8,11H2,1-2H3/t14-/m0/s1. The minimum Gasteiger partial charge on any atom is -0.494 e. The molecular formula is C19H19N3O4S. The Morgan fingerprint density at radius 1 is 1.33 bits per heavy atom. The Morgan fingerprint density at radius 2 is 2.04 bits per heavy atom. The van der Waals surface area contributed by atoms with Crippen LogP contribution in [0, 0.1) is 25.2 Å². The second-order valence-corrected chi connectivity index (χ2v) is 8.85. The molecule has 3 rings (SSSR count). The number of aliphatic imine (C=N–C) groups is 1. The van der Waals surface area contributed by atoms with Crippen molar-refractivity contribution in [3.8, 4) is 11.9 Å². The van der Waals surface area contributed by atoms with Crippen molar-refractivity contribution >= 4 is 21.7 Å². The van der Waals surface area contributed by atoms with Crippen LogP contribution in [0.2, 0.25) is 0 Å². The van der Waals surface area contributed by atoms with Crippen LogP contribution in [0.4, 0.5) is 5.69 Å². The maximum atomic E-state index is 12.7. The fourth-order valence-electron chi connectivity index (χ4n) is 3.26. The number of rotatable bonds is 3. The molecule has 0 amide bonds. The summed E-state index contributed by atoms with van der Waals surface area (Å²) < 4.78 is 24.6. The molecule has 1 aliphatic heterocycles. The van der Waals surface area contributed by atoms with Gasteiger partial charge in [0, 0.05) is 6.21 Å². The predicted octanol–water partition coefficient (Wildman–Crippen LogP) is 2.15. The molecule has 1 aromatic heterocycles. The molecule has 0 spiro atoms. The number of pyridine rings is 1. The van der Waals surface area contributed by atoms with E-state index in [4.69, 9.17) is 0 Å². The summed E-state index contributed by atoms with van der Waals surface area (Å²) in [6.45, 7) is 3.46. The highest BCUT2D eigenvalue weighted by molar-refractivity contribution is 7.91. The lowest BCUT2D eigenvalue weighted by molar-refractivity contribution is 0.379. The number of nitrogens with zero attached hydrogens (tertiary/aromatic N) is 3. The second-order valence-electron chi connectivity index (χ2n) is 6.63. The van der Waals surface area contributed by atoms with Crippen LogP contribution in [0.15, 0.2) is 34.1 Å². The molecular weight excluding hydrogens is 366 g/mol. The van der Waals surface area contributed by atoms with Crippen LogP contribution >= 0.6 is 0 Å². The lowest BCUT2D eigenvalue weighted by Gasteiger charge is -2.18. The maximum absolute atomic E-state index is 12.7. The van der Waals surface area contributed by atoms with Crippen molar-refractivity contribution in [3.63, 3.8) is 0 Å². The molecule has 1 N–H and O–H groups in total. The van der Waals surface area contributed by atoms with E-state index in [0.29, 0.717) is 11.3 Å². The first kappa shape index (κ1) is 18.9. The summed E-state index contributed by atoms with van der Waals surface area (Å²) in [5, 5.41) is 20.1. The molecule has 0 aliphatic carbocycles. The number of sulfone groups is 1. The first-order valence-electron chi connectivity index (χ1n) is 8.43. The van der Waals surface area contributed by atoms with E-state index in [1.54, 1.807) is 6.92 Å². The van der Waals surface area contributed by atoms with Gasteiger partial charge in [-0.1, -0.05) is 18.2 Å². The molecule has 0 bridgehead atoms. The topological polar surface area (TPSA) is 113 Å². The first-order valence-corrected chi connectivity index (χ1v) is 10.3. The van der Waals surface area contributed by atoms with E-state index >= 15 is 0 Å². The summed E-state index contributed by atoms with van der Waals surface area (Å²) in [5.74, 6) is -0.648. The fraction of sp³-hybridized carbons (Fsp3) is 0.316. The van der Waals surface area contributed by atoms with Crippen LogP contribution in [-0.2, 0) is 9.84 Å². The van der Waals surface area contributed by atoms with E-state index in [1.807, 2.05) is 37.3 Å². The third-order valence-corrected chi connectivity index (χ3v) is 6.56. The Kier molecular flexibility index (Phi) is 4.89. The van der Waals surface area contributed by atoms with E-state index in [1.165, 1.54) is 6.21 Å². The molecule has 2 aromatic rings. The first-order chi connectivity index (χ1) is 12.7. The molecule has 1 fully saturated rings. The minimum absolute atomic E-state index is 0.0497. The van der Waals surface area contributed by atoms with Gasteiger partial charge in [-0.05, 0) is 37.5 Å². The van der Waals surface area contributed by atoms with E-state index in [9.17, 15) is 23.6 Å². The lowest BCUT2D eigenvalue weighted by atomic mass is 10.0. The Labute approximate surface area is 157 Å². The zero-order chi connectivity index (χ0) is 19.8. The molecule has 8 heteroatoms. The van der Waals surface area contributed by atoms with Gasteiger partial charge in [-0.15, -0.1) is 0 Å². The number of nitriles is 1. The maximum Gasteiger partial charge on any atom is 0.271 e.